The van der Waals surface area contributed by atoms with Gasteiger partial charge in [0.1, 0.15) is 16.1 Å². The summed E-state index contributed by atoms with van der Waals surface area (Å²) in [4.78, 5) is 15.9. The molecule has 1 N–H and O–H groups in total. The molecule has 0 aliphatic carbocycles. The molecule has 1 heterocycles. The summed E-state index contributed by atoms with van der Waals surface area (Å²) >= 11 is 3.18. The van der Waals surface area contributed by atoms with Gasteiger partial charge < -0.3 is 5.32 Å². The van der Waals surface area contributed by atoms with Crippen LogP contribution >= 0.6 is 15.9 Å². The number of carbonyl (C=O) groups is 1. The van der Waals surface area contributed by atoms with E-state index in [4.69, 9.17) is 0 Å². The van der Waals surface area contributed by atoms with Crippen LogP contribution < -0.4 is 5.32 Å². The van der Waals surface area contributed by atoms with E-state index in [2.05, 4.69) is 26.2 Å². The number of para-hydroxylation sites is 1. The fourth-order valence-electron chi connectivity index (χ4n) is 1.50. The van der Waals surface area contributed by atoms with Crippen LogP contribution in [0, 0.1) is 12.7 Å². The van der Waals surface area contributed by atoms with Crippen LogP contribution in [-0.2, 0) is 0 Å². The second kappa shape index (κ2) is 5.27. The van der Waals surface area contributed by atoms with Crippen molar-refractivity contribution >= 4 is 27.5 Å². The second-order valence-electron chi connectivity index (χ2n) is 3.73. The third-order valence-electron chi connectivity index (χ3n) is 2.41. The Morgan fingerprint density at radius 1 is 1.28 bits per heavy atom. The summed E-state index contributed by atoms with van der Waals surface area (Å²) in [6, 6.07) is 9.60. The second-order valence-corrected chi connectivity index (χ2v) is 4.54. The number of pyridine rings is 1. The topological polar surface area (TPSA) is 42.0 Å². The molecule has 0 atom stereocenters. The van der Waals surface area contributed by atoms with Gasteiger partial charge in [-0.1, -0.05) is 18.2 Å². The van der Waals surface area contributed by atoms with Gasteiger partial charge in [0.2, 0.25) is 0 Å². The van der Waals surface area contributed by atoms with Crippen LogP contribution in [0.2, 0.25) is 0 Å². The molecular formula is C13H10BrFN2O. The van der Waals surface area contributed by atoms with Crippen molar-refractivity contribution < 1.29 is 9.18 Å². The fraction of sp³-hybridized carbons (Fsp3) is 0.0769. The molecule has 0 bridgehead atoms. The minimum Gasteiger partial charge on any atom is -0.318 e. The summed E-state index contributed by atoms with van der Waals surface area (Å²) in [5.74, 6) is -0.900. The molecule has 0 radical (unpaired) electrons. The Hall–Kier alpha value is -1.75. The van der Waals surface area contributed by atoms with Crippen LogP contribution in [0.4, 0.5) is 10.1 Å². The van der Waals surface area contributed by atoms with Crippen LogP contribution in [0.1, 0.15) is 16.1 Å². The lowest BCUT2D eigenvalue weighted by Crippen LogP contribution is -2.15. The van der Waals surface area contributed by atoms with Crippen LogP contribution in [0.5, 0.6) is 0 Å². The summed E-state index contributed by atoms with van der Waals surface area (Å²) in [5, 5.41) is 2.52. The van der Waals surface area contributed by atoms with Crippen molar-refractivity contribution in [2.24, 2.45) is 0 Å². The Kier molecular flexibility index (Phi) is 3.72. The van der Waals surface area contributed by atoms with Gasteiger partial charge in [0.15, 0.2) is 0 Å². The lowest BCUT2D eigenvalue weighted by Gasteiger charge is -2.08. The van der Waals surface area contributed by atoms with Gasteiger partial charge in [-0.25, -0.2) is 9.37 Å². The molecule has 1 amide bonds. The molecule has 2 aromatic rings. The number of anilines is 1. The van der Waals surface area contributed by atoms with Crippen molar-refractivity contribution in [3.63, 3.8) is 0 Å². The Morgan fingerprint density at radius 2 is 2.00 bits per heavy atom. The number of rotatable bonds is 2. The van der Waals surface area contributed by atoms with Gasteiger partial charge in [-0.15, -0.1) is 0 Å². The summed E-state index contributed by atoms with van der Waals surface area (Å²) in [6.45, 7) is 1.73. The molecule has 0 fully saturated rings. The number of nitrogens with one attached hydrogen (secondary N) is 1. The fourth-order valence-corrected chi connectivity index (χ4v) is 1.85. The maximum Gasteiger partial charge on any atom is 0.274 e. The predicted molar refractivity (Wildman–Crippen MR) is 71.0 cm³/mol. The summed E-state index contributed by atoms with van der Waals surface area (Å²) in [7, 11) is 0. The highest BCUT2D eigenvalue weighted by atomic mass is 79.9. The number of nitrogens with zero attached hydrogens (tertiary/aromatic N) is 1. The summed E-state index contributed by atoms with van der Waals surface area (Å²) in [6.07, 6.45) is 0. The van der Waals surface area contributed by atoms with Gasteiger partial charge in [0, 0.05) is 0 Å². The zero-order chi connectivity index (χ0) is 13.1. The highest BCUT2D eigenvalue weighted by molar-refractivity contribution is 9.10. The van der Waals surface area contributed by atoms with E-state index in [1.807, 2.05) is 0 Å². The molecule has 0 saturated carbocycles. The Morgan fingerprint density at radius 3 is 2.67 bits per heavy atom. The quantitative estimate of drug-likeness (QED) is 0.862. The molecule has 1 aromatic carbocycles. The van der Waals surface area contributed by atoms with E-state index in [-0.39, 0.29) is 11.4 Å². The molecule has 1 aromatic heterocycles. The number of aryl methyl sites for hydroxylation is 1. The van der Waals surface area contributed by atoms with Crippen LogP contribution in [0.15, 0.2) is 41.0 Å². The zero-order valence-electron chi connectivity index (χ0n) is 9.58. The normalized spacial score (nSPS) is 10.2. The first-order valence-electron chi connectivity index (χ1n) is 5.27. The van der Waals surface area contributed by atoms with Crippen molar-refractivity contribution in [2.75, 3.05) is 5.32 Å². The number of benzene rings is 1. The standard InChI is InChI=1S/C13H10BrFN2O/c1-8-4-2-5-9(15)12(8)17-13(18)10-6-3-7-11(14)16-10/h2-7H,1H3,(H,17,18). The van der Waals surface area contributed by atoms with E-state index in [0.29, 0.717) is 10.2 Å². The number of hydrogen-bond acceptors (Lipinski definition) is 2. The average molecular weight is 309 g/mol. The SMILES string of the molecule is Cc1cccc(F)c1NC(=O)c1cccc(Br)n1. The van der Waals surface area contributed by atoms with Crippen molar-refractivity contribution in [2.45, 2.75) is 6.92 Å². The molecule has 0 saturated heterocycles. The monoisotopic (exact) mass is 308 g/mol. The molecule has 5 heteroatoms. The Labute approximate surface area is 112 Å². The molecule has 2 rings (SSSR count). The molecular weight excluding hydrogens is 299 g/mol. The van der Waals surface area contributed by atoms with Crippen LogP contribution in [0.25, 0.3) is 0 Å². The van der Waals surface area contributed by atoms with E-state index in [9.17, 15) is 9.18 Å². The minimum absolute atomic E-state index is 0.185. The number of carbonyl (C=O) groups excluding carboxylic acids is 1. The van der Waals surface area contributed by atoms with Gasteiger partial charge in [0.05, 0.1) is 5.69 Å². The molecule has 0 unspecified atom stereocenters. The average Bonchev–Trinajstić information content (AvgIpc) is 2.34. The molecule has 0 aliphatic rings. The van der Waals surface area contributed by atoms with Crippen molar-refractivity contribution in [1.82, 2.24) is 4.98 Å². The first-order valence-corrected chi connectivity index (χ1v) is 6.06. The lowest BCUT2D eigenvalue weighted by atomic mass is 10.2. The number of amides is 1. The van der Waals surface area contributed by atoms with E-state index in [1.165, 1.54) is 6.07 Å². The number of hydrogen-bond donors (Lipinski definition) is 1. The Balaban J connectivity index is 2.27. The van der Waals surface area contributed by atoms with Gasteiger partial charge in [-0.2, -0.15) is 0 Å². The molecule has 18 heavy (non-hydrogen) atoms. The predicted octanol–water partition coefficient (Wildman–Crippen LogP) is 3.54. The Bertz CT molecular complexity index is 581. The minimum atomic E-state index is -0.460. The van der Waals surface area contributed by atoms with E-state index in [0.717, 1.165) is 0 Å². The highest BCUT2D eigenvalue weighted by Crippen LogP contribution is 2.19. The van der Waals surface area contributed by atoms with Crippen molar-refractivity contribution in [3.8, 4) is 0 Å². The molecule has 3 nitrogen and oxygen atoms in total. The number of aromatic nitrogens is 1. The largest absolute Gasteiger partial charge is 0.318 e. The zero-order valence-corrected chi connectivity index (χ0v) is 11.2. The van der Waals surface area contributed by atoms with E-state index < -0.39 is 11.7 Å². The summed E-state index contributed by atoms with van der Waals surface area (Å²) in [5.41, 5.74) is 1.08. The first kappa shape index (κ1) is 12.7. The van der Waals surface area contributed by atoms with E-state index >= 15 is 0 Å². The third-order valence-corrected chi connectivity index (χ3v) is 2.85. The lowest BCUT2D eigenvalue weighted by molar-refractivity contribution is 0.102. The van der Waals surface area contributed by atoms with Gasteiger partial charge >= 0.3 is 0 Å². The van der Waals surface area contributed by atoms with Crippen molar-refractivity contribution in [1.29, 1.82) is 0 Å². The molecule has 92 valence electrons. The summed E-state index contributed by atoms with van der Waals surface area (Å²) < 4.78 is 14.1. The number of halogens is 2. The van der Waals surface area contributed by atoms with Gasteiger partial charge in [-0.05, 0) is 46.6 Å². The maximum atomic E-state index is 13.6. The smallest absolute Gasteiger partial charge is 0.274 e. The molecule has 0 spiro atoms. The van der Waals surface area contributed by atoms with Crippen molar-refractivity contribution in [3.05, 3.63) is 58.1 Å². The van der Waals surface area contributed by atoms with Gasteiger partial charge in [-0.3, -0.25) is 4.79 Å². The van der Waals surface area contributed by atoms with Gasteiger partial charge in [0.25, 0.3) is 5.91 Å². The molecule has 0 aliphatic heterocycles. The van der Waals surface area contributed by atoms with Crippen LogP contribution in [-0.4, -0.2) is 10.9 Å². The highest BCUT2D eigenvalue weighted by Gasteiger charge is 2.12. The maximum absolute atomic E-state index is 13.6. The third kappa shape index (κ3) is 2.73. The van der Waals surface area contributed by atoms with E-state index in [1.54, 1.807) is 37.3 Å². The van der Waals surface area contributed by atoms with Crippen LogP contribution in [0.3, 0.4) is 0 Å². The first-order chi connectivity index (χ1) is 8.58.